The molecule has 0 atom stereocenters. The van der Waals surface area contributed by atoms with E-state index in [4.69, 9.17) is 9.47 Å². The Labute approximate surface area is 163 Å². The minimum atomic E-state index is -4.73. The van der Waals surface area contributed by atoms with Gasteiger partial charge in [0.2, 0.25) is 11.7 Å². The molecule has 2 N–H and O–H groups in total. The molecule has 0 saturated heterocycles. The number of rotatable bonds is 5. The summed E-state index contributed by atoms with van der Waals surface area (Å²) in [6.45, 7) is 1.37. The van der Waals surface area contributed by atoms with Crippen molar-refractivity contribution in [2.45, 2.75) is 13.1 Å². The fraction of sp³-hybridized carbons (Fsp3) is 0.211. The van der Waals surface area contributed by atoms with E-state index in [-0.39, 0.29) is 23.0 Å². The highest BCUT2D eigenvalue weighted by atomic mass is 19.4. The number of aromatic nitrogens is 2. The van der Waals surface area contributed by atoms with E-state index in [9.17, 15) is 18.0 Å². The molecule has 0 aliphatic rings. The first-order chi connectivity index (χ1) is 13.7. The molecule has 7 nitrogen and oxygen atoms in total. The van der Waals surface area contributed by atoms with Crippen LogP contribution in [0.25, 0.3) is 10.9 Å². The van der Waals surface area contributed by atoms with Crippen LogP contribution in [0.1, 0.15) is 12.7 Å². The van der Waals surface area contributed by atoms with Gasteiger partial charge in [0.25, 0.3) is 0 Å². The molecule has 3 rings (SSSR count). The van der Waals surface area contributed by atoms with Crippen LogP contribution in [0.2, 0.25) is 0 Å². The van der Waals surface area contributed by atoms with E-state index >= 15 is 0 Å². The number of fused-ring (bicyclic) bond motifs is 1. The van der Waals surface area contributed by atoms with Crippen molar-refractivity contribution < 1.29 is 27.4 Å². The van der Waals surface area contributed by atoms with Gasteiger partial charge in [-0.2, -0.15) is 13.2 Å². The van der Waals surface area contributed by atoms with Crippen molar-refractivity contribution in [1.29, 1.82) is 0 Å². The van der Waals surface area contributed by atoms with Gasteiger partial charge < -0.3 is 20.1 Å². The van der Waals surface area contributed by atoms with Crippen LogP contribution in [0.5, 0.6) is 11.5 Å². The number of carbonyl (C=O) groups is 1. The highest BCUT2D eigenvalue weighted by Crippen LogP contribution is 2.37. The topological polar surface area (TPSA) is 85.4 Å². The van der Waals surface area contributed by atoms with Crippen molar-refractivity contribution in [1.82, 2.24) is 9.97 Å². The maximum Gasteiger partial charge on any atom is 0.451 e. The lowest BCUT2D eigenvalue weighted by atomic mass is 10.2. The summed E-state index contributed by atoms with van der Waals surface area (Å²) in [7, 11) is 2.80. The Morgan fingerprint density at radius 1 is 0.966 bits per heavy atom. The second-order valence-electron chi connectivity index (χ2n) is 6.00. The number of ether oxygens (including phenoxy) is 2. The van der Waals surface area contributed by atoms with E-state index in [1.54, 1.807) is 24.3 Å². The molecule has 0 spiro atoms. The molecule has 1 amide bonds. The monoisotopic (exact) mass is 406 g/mol. The van der Waals surface area contributed by atoms with Crippen molar-refractivity contribution in [2.75, 3.05) is 24.9 Å². The highest BCUT2D eigenvalue weighted by molar-refractivity contribution is 5.93. The van der Waals surface area contributed by atoms with Crippen molar-refractivity contribution >= 4 is 34.0 Å². The second-order valence-corrected chi connectivity index (χ2v) is 6.00. The standard InChI is InChI=1S/C19H17F3N4O3/c1-10(27)23-11-4-6-12(7-5-11)24-17-13-8-15(28-2)16(29-3)9-14(13)25-18(26-17)19(20,21)22/h4-9H,1-3H3,(H,23,27)(H,24,25,26). The third-order valence-electron chi connectivity index (χ3n) is 3.92. The van der Waals surface area contributed by atoms with E-state index in [2.05, 4.69) is 20.6 Å². The maximum atomic E-state index is 13.3. The zero-order valence-electron chi connectivity index (χ0n) is 15.7. The van der Waals surface area contributed by atoms with Gasteiger partial charge in [-0.1, -0.05) is 0 Å². The number of benzene rings is 2. The molecule has 0 unspecified atom stereocenters. The molecular formula is C19H17F3N4O3. The van der Waals surface area contributed by atoms with Crippen LogP contribution in [0, 0.1) is 0 Å². The van der Waals surface area contributed by atoms with Gasteiger partial charge in [0.1, 0.15) is 5.82 Å². The van der Waals surface area contributed by atoms with E-state index in [0.717, 1.165) is 0 Å². The lowest BCUT2D eigenvalue weighted by Crippen LogP contribution is -2.13. The third kappa shape index (κ3) is 4.48. The quantitative estimate of drug-likeness (QED) is 0.655. The first-order valence-corrected chi connectivity index (χ1v) is 8.37. The zero-order valence-corrected chi connectivity index (χ0v) is 15.7. The number of halogens is 3. The first kappa shape index (κ1) is 20.2. The van der Waals surface area contributed by atoms with Crippen molar-refractivity contribution in [2.24, 2.45) is 0 Å². The van der Waals surface area contributed by atoms with Gasteiger partial charge in [-0.25, -0.2) is 9.97 Å². The molecule has 3 aromatic rings. The van der Waals surface area contributed by atoms with Gasteiger partial charge in [-0.3, -0.25) is 4.79 Å². The number of alkyl halides is 3. The molecule has 0 radical (unpaired) electrons. The molecule has 2 aromatic carbocycles. The van der Waals surface area contributed by atoms with Gasteiger partial charge in [0.05, 0.1) is 19.7 Å². The summed E-state index contributed by atoms with van der Waals surface area (Å²) in [6, 6.07) is 9.29. The summed E-state index contributed by atoms with van der Waals surface area (Å²) < 4.78 is 50.2. The second kappa shape index (κ2) is 7.82. The number of anilines is 3. The number of amides is 1. The Kier molecular flexibility index (Phi) is 5.44. The predicted octanol–water partition coefficient (Wildman–Crippen LogP) is 4.37. The van der Waals surface area contributed by atoms with E-state index < -0.39 is 12.0 Å². The fourth-order valence-corrected chi connectivity index (χ4v) is 2.65. The molecule has 152 valence electrons. The molecule has 29 heavy (non-hydrogen) atoms. The summed E-state index contributed by atoms with van der Waals surface area (Å²) in [6.07, 6.45) is -4.73. The average Bonchev–Trinajstić information content (AvgIpc) is 2.67. The molecule has 1 heterocycles. The Morgan fingerprint density at radius 3 is 2.10 bits per heavy atom. The van der Waals surface area contributed by atoms with Crippen LogP contribution in [-0.2, 0) is 11.0 Å². The van der Waals surface area contributed by atoms with Gasteiger partial charge in [0.15, 0.2) is 11.5 Å². The van der Waals surface area contributed by atoms with Crippen LogP contribution >= 0.6 is 0 Å². The summed E-state index contributed by atoms with van der Waals surface area (Å²) in [5, 5.41) is 5.80. The molecule has 0 fully saturated rings. The average molecular weight is 406 g/mol. The van der Waals surface area contributed by atoms with Crippen LogP contribution in [0.15, 0.2) is 36.4 Å². The third-order valence-corrected chi connectivity index (χ3v) is 3.92. The molecule has 0 bridgehead atoms. The molecule has 0 aliphatic heterocycles. The van der Waals surface area contributed by atoms with Crippen LogP contribution < -0.4 is 20.1 Å². The predicted molar refractivity (Wildman–Crippen MR) is 102 cm³/mol. The van der Waals surface area contributed by atoms with Gasteiger partial charge in [0, 0.05) is 29.8 Å². The molecule has 0 saturated carbocycles. The Bertz CT molecular complexity index is 1050. The zero-order chi connectivity index (χ0) is 21.2. The van der Waals surface area contributed by atoms with E-state index in [1.807, 2.05) is 0 Å². The number of methoxy groups -OCH3 is 2. The van der Waals surface area contributed by atoms with Crippen molar-refractivity contribution in [3.05, 3.63) is 42.2 Å². The number of carbonyl (C=O) groups excluding carboxylic acids is 1. The highest BCUT2D eigenvalue weighted by Gasteiger charge is 2.35. The van der Waals surface area contributed by atoms with Crippen molar-refractivity contribution in [3.8, 4) is 11.5 Å². The number of hydrogen-bond donors (Lipinski definition) is 2. The van der Waals surface area contributed by atoms with Crippen LogP contribution in [0.4, 0.5) is 30.4 Å². The van der Waals surface area contributed by atoms with Gasteiger partial charge in [-0.15, -0.1) is 0 Å². The molecule has 1 aromatic heterocycles. The lowest BCUT2D eigenvalue weighted by Gasteiger charge is -2.15. The van der Waals surface area contributed by atoms with E-state index in [0.29, 0.717) is 22.5 Å². The minimum Gasteiger partial charge on any atom is -0.493 e. The summed E-state index contributed by atoms with van der Waals surface area (Å²) in [5.74, 6) is -0.988. The number of nitrogens with zero attached hydrogens (tertiary/aromatic N) is 2. The largest absolute Gasteiger partial charge is 0.493 e. The summed E-state index contributed by atoms with van der Waals surface area (Å²) >= 11 is 0. The van der Waals surface area contributed by atoms with Crippen molar-refractivity contribution in [3.63, 3.8) is 0 Å². The van der Waals surface area contributed by atoms with Gasteiger partial charge in [-0.05, 0) is 30.3 Å². The van der Waals surface area contributed by atoms with Crippen LogP contribution in [-0.4, -0.2) is 30.1 Å². The summed E-state index contributed by atoms with van der Waals surface area (Å²) in [5.41, 5.74) is 1.07. The Morgan fingerprint density at radius 2 is 1.55 bits per heavy atom. The Balaban J connectivity index is 2.10. The molecular weight excluding hydrogens is 389 g/mol. The first-order valence-electron chi connectivity index (χ1n) is 8.37. The number of nitrogens with one attached hydrogen (secondary N) is 2. The van der Waals surface area contributed by atoms with Gasteiger partial charge >= 0.3 is 6.18 Å². The SMILES string of the molecule is COc1cc2nc(C(F)(F)F)nc(Nc3ccc(NC(C)=O)cc3)c2cc1OC. The summed E-state index contributed by atoms with van der Waals surface area (Å²) in [4.78, 5) is 18.4. The van der Waals surface area contributed by atoms with E-state index in [1.165, 1.54) is 33.3 Å². The Hall–Kier alpha value is -3.56. The van der Waals surface area contributed by atoms with Crippen LogP contribution in [0.3, 0.4) is 0 Å². The lowest BCUT2D eigenvalue weighted by molar-refractivity contribution is -0.144. The normalized spacial score (nSPS) is 11.2. The maximum absolute atomic E-state index is 13.3. The fourth-order valence-electron chi connectivity index (χ4n) is 2.65. The number of hydrogen-bond acceptors (Lipinski definition) is 6. The minimum absolute atomic E-state index is 0.0438. The molecule has 10 heteroatoms. The smallest absolute Gasteiger partial charge is 0.451 e. The molecule has 0 aliphatic carbocycles.